The first-order valence-corrected chi connectivity index (χ1v) is 9.65. The highest BCUT2D eigenvalue weighted by atomic mass is 16.4. The number of aromatic carboxylic acids is 1. The van der Waals surface area contributed by atoms with Gasteiger partial charge in [-0.15, -0.1) is 0 Å². The van der Waals surface area contributed by atoms with Crippen molar-refractivity contribution in [2.24, 2.45) is 11.8 Å². The fraction of sp³-hybridized carbons (Fsp3) is 0.381. The molecule has 1 aliphatic heterocycles. The topological polar surface area (TPSA) is 91.5 Å². The number of fused-ring (bicyclic) bond motifs is 2. The van der Waals surface area contributed by atoms with Gasteiger partial charge in [-0.2, -0.15) is 5.10 Å². The van der Waals surface area contributed by atoms with E-state index in [2.05, 4.69) is 10.00 Å². The number of aliphatic hydroxyl groups is 1. The lowest BCUT2D eigenvalue weighted by atomic mass is 9.77. The molecular weight excluding hydrogens is 356 g/mol. The summed E-state index contributed by atoms with van der Waals surface area (Å²) in [6, 6.07) is 10.9. The second-order valence-corrected chi connectivity index (χ2v) is 7.87. The Bertz CT molecular complexity index is 1020. The standard InChI is InChI=1S/C21H22N4O3/c26-19-9-14-12-24(11-13(14)8-18(19)25-7-3-6-22-25)20-10-16(21(27)28)15-4-1-2-5-17(15)23-20/h1-7,10,13-14,18-19,26H,8-9,11-12H2,(H,27,28)/t13-,14+,18-,19-/m1/s1. The highest BCUT2D eigenvalue weighted by Gasteiger charge is 2.43. The fourth-order valence-corrected chi connectivity index (χ4v) is 4.86. The lowest BCUT2D eigenvalue weighted by Crippen LogP contribution is -2.36. The summed E-state index contributed by atoms with van der Waals surface area (Å²) in [6.45, 7) is 1.61. The monoisotopic (exact) mass is 378 g/mol. The summed E-state index contributed by atoms with van der Waals surface area (Å²) in [5, 5.41) is 25.2. The molecule has 0 amide bonds. The third kappa shape index (κ3) is 2.82. The van der Waals surface area contributed by atoms with Crippen LogP contribution in [0.25, 0.3) is 10.9 Å². The van der Waals surface area contributed by atoms with Crippen LogP contribution in [0.5, 0.6) is 0 Å². The van der Waals surface area contributed by atoms with Crippen molar-refractivity contribution in [3.63, 3.8) is 0 Å². The molecule has 0 spiro atoms. The van der Waals surface area contributed by atoms with E-state index in [0.717, 1.165) is 25.9 Å². The summed E-state index contributed by atoms with van der Waals surface area (Å²) in [7, 11) is 0. The molecule has 5 rings (SSSR count). The maximum Gasteiger partial charge on any atom is 0.336 e. The van der Waals surface area contributed by atoms with Crippen LogP contribution in [0.2, 0.25) is 0 Å². The minimum Gasteiger partial charge on any atom is -0.478 e. The second-order valence-electron chi connectivity index (χ2n) is 7.87. The first kappa shape index (κ1) is 17.2. The van der Waals surface area contributed by atoms with Crippen molar-refractivity contribution in [3.8, 4) is 0 Å². The molecule has 1 saturated carbocycles. The van der Waals surface area contributed by atoms with Gasteiger partial charge in [-0.05, 0) is 42.9 Å². The predicted octanol–water partition coefficient (Wildman–Crippen LogP) is 2.58. The van der Waals surface area contributed by atoms with Crippen LogP contribution in [-0.4, -0.2) is 50.1 Å². The number of rotatable bonds is 3. The largest absolute Gasteiger partial charge is 0.478 e. The molecule has 0 radical (unpaired) electrons. The van der Waals surface area contributed by atoms with E-state index in [1.54, 1.807) is 18.3 Å². The third-order valence-corrected chi connectivity index (χ3v) is 6.23. The van der Waals surface area contributed by atoms with Gasteiger partial charge in [-0.1, -0.05) is 18.2 Å². The third-order valence-electron chi connectivity index (χ3n) is 6.23. The molecule has 7 nitrogen and oxygen atoms in total. The number of aromatic nitrogens is 3. The van der Waals surface area contributed by atoms with Crippen molar-refractivity contribution in [3.05, 3.63) is 54.4 Å². The average Bonchev–Trinajstić information content (AvgIpc) is 3.35. The maximum absolute atomic E-state index is 11.8. The highest BCUT2D eigenvalue weighted by Crippen LogP contribution is 2.42. The van der Waals surface area contributed by atoms with E-state index < -0.39 is 12.1 Å². The van der Waals surface area contributed by atoms with Crippen LogP contribution in [0.4, 0.5) is 5.82 Å². The molecule has 28 heavy (non-hydrogen) atoms. The first-order chi connectivity index (χ1) is 13.6. The van der Waals surface area contributed by atoms with E-state index in [1.165, 1.54) is 0 Å². The van der Waals surface area contributed by atoms with E-state index in [4.69, 9.17) is 4.98 Å². The Morgan fingerprint density at radius 3 is 2.64 bits per heavy atom. The Labute approximate surface area is 162 Å². The quantitative estimate of drug-likeness (QED) is 0.728. The normalized spacial score (nSPS) is 27.1. The van der Waals surface area contributed by atoms with Crippen molar-refractivity contribution in [1.29, 1.82) is 0 Å². The van der Waals surface area contributed by atoms with Gasteiger partial charge in [0.2, 0.25) is 0 Å². The van der Waals surface area contributed by atoms with Crippen molar-refractivity contribution in [1.82, 2.24) is 14.8 Å². The van der Waals surface area contributed by atoms with Gasteiger partial charge in [0.25, 0.3) is 0 Å². The number of hydrogen-bond acceptors (Lipinski definition) is 5. The lowest BCUT2D eigenvalue weighted by Gasteiger charge is -2.35. The number of para-hydroxylation sites is 1. The Balaban J connectivity index is 1.44. The number of carboxylic acid groups (broad SMARTS) is 1. The van der Waals surface area contributed by atoms with Crippen LogP contribution in [-0.2, 0) is 0 Å². The van der Waals surface area contributed by atoms with Crippen molar-refractivity contribution in [2.45, 2.75) is 25.0 Å². The van der Waals surface area contributed by atoms with E-state index in [0.29, 0.717) is 28.6 Å². The molecule has 0 bridgehead atoms. The Kier molecular flexibility index (Phi) is 4.05. The Hall–Kier alpha value is -2.93. The zero-order chi connectivity index (χ0) is 19.3. The zero-order valence-corrected chi connectivity index (χ0v) is 15.3. The highest BCUT2D eigenvalue weighted by molar-refractivity contribution is 6.03. The van der Waals surface area contributed by atoms with Gasteiger partial charge in [0, 0.05) is 30.9 Å². The second kappa shape index (κ2) is 6.60. The number of pyridine rings is 1. The number of hydrogen-bond donors (Lipinski definition) is 2. The smallest absolute Gasteiger partial charge is 0.336 e. The summed E-state index contributed by atoms with van der Waals surface area (Å²) in [4.78, 5) is 18.7. The summed E-state index contributed by atoms with van der Waals surface area (Å²) >= 11 is 0. The number of aliphatic hydroxyl groups excluding tert-OH is 1. The molecular formula is C21H22N4O3. The van der Waals surface area contributed by atoms with E-state index in [-0.39, 0.29) is 11.6 Å². The summed E-state index contributed by atoms with van der Waals surface area (Å²) in [6.07, 6.45) is 4.83. The van der Waals surface area contributed by atoms with Gasteiger partial charge in [0.1, 0.15) is 5.82 Å². The Morgan fingerprint density at radius 2 is 1.89 bits per heavy atom. The minimum absolute atomic E-state index is 0.00431. The number of carboxylic acids is 1. The molecule has 0 unspecified atom stereocenters. The molecule has 144 valence electrons. The van der Waals surface area contributed by atoms with Crippen molar-refractivity contribution in [2.75, 3.05) is 18.0 Å². The van der Waals surface area contributed by atoms with Gasteiger partial charge < -0.3 is 15.1 Å². The van der Waals surface area contributed by atoms with Crippen LogP contribution in [0, 0.1) is 11.8 Å². The molecule has 4 atom stereocenters. The van der Waals surface area contributed by atoms with Gasteiger partial charge in [-0.3, -0.25) is 4.68 Å². The first-order valence-electron chi connectivity index (χ1n) is 9.65. The molecule has 1 saturated heterocycles. The van der Waals surface area contributed by atoms with Crippen LogP contribution < -0.4 is 4.90 Å². The fourth-order valence-electron chi connectivity index (χ4n) is 4.86. The molecule has 2 aromatic heterocycles. The van der Waals surface area contributed by atoms with Crippen LogP contribution in [0.3, 0.4) is 0 Å². The number of nitrogens with zero attached hydrogens (tertiary/aromatic N) is 4. The molecule has 1 aliphatic carbocycles. The van der Waals surface area contributed by atoms with Crippen LogP contribution in [0.15, 0.2) is 48.8 Å². The van der Waals surface area contributed by atoms with Gasteiger partial charge in [0.05, 0.1) is 23.2 Å². The number of benzene rings is 1. The van der Waals surface area contributed by atoms with E-state index in [9.17, 15) is 15.0 Å². The van der Waals surface area contributed by atoms with Crippen LogP contribution >= 0.6 is 0 Å². The van der Waals surface area contributed by atoms with E-state index in [1.807, 2.05) is 35.1 Å². The molecule has 7 heteroatoms. The van der Waals surface area contributed by atoms with Gasteiger partial charge in [0.15, 0.2) is 0 Å². The SMILES string of the molecule is O=C(O)c1cc(N2C[C@H]3C[C@@H](n4cccn4)[C@H](O)C[C@H]3C2)nc2ccccc12. The molecule has 3 aromatic rings. The van der Waals surface area contributed by atoms with Crippen LogP contribution in [0.1, 0.15) is 29.2 Å². The van der Waals surface area contributed by atoms with Crippen molar-refractivity contribution < 1.29 is 15.0 Å². The average molecular weight is 378 g/mol. The Morgan fingerprint density at radius 1 is 1.11 bits per heavy atom. The van der Waals surface area contributed by atoms with Gasteiger partial charge in [-0.25, -0.2) is 9.78 Å². The minimum atomic E-state index is -0.939. The predicted molar refractivity (Wildman–Crippen MR) is 104 cm³/mol. The number of anilines is 1. The molecule has 3 heterocycles. The molecule has 1 aromatic carbocycles. The lowest BCUT2D eigenvalue weighted by molar-refractivity contribution is 0.0306. The number of carbonyl (C=O) groups is 1. The van der Waals surface area contributed by atoms with Crippen molar-refractivity contribution >= 4 is 22.7 Å². The molecule has 2 N–H and O–H groups in total. The van der Waals surface area contributed by atoms with E-state index >= 15 is 0 Å². The molecule has 2 aliphatic rings. The van der Waals surface area contributed by atoms with Gasteiger partial charge >= 0.3 is 5.97 Å². The molecule has 2 fully saturated rings. The summed E-state index contributed by atoms with van der Waals surface area (Å²) in [5.41, 5.74) is 0.978. The zero-order valence-electron chi connectivity index (χ0n) is 15.3. The summed E-state index contributed by atoms with van der Waals surface area (Å²) in [5.74, 6) is 0.573. The maximum atomic E-state index is 11.8. The summed E-state index contributed by atoms with van der Waals surface area (Å²) < 4.78 is 1.86.